The lowest BCUT2D eigenvalue weighted by Gasteiger charge is -2.08. The molecule has 2 heterocycles. The lowest BCUT2D eigenvalue weighted by molar-refractivity contribution is 0.569. The van der Waals surface area contributed by atoms with Gasteiger partial charge in [0, 0.05) is 12.4 Å². The summed E-state index contributed by atoms with van der Waals surface area (Å²) in [4.78, 5) is 7.49. The Balaban J connectivity index is 2.36. The number of hydrogen-bond acceptors (Lipinski definition) is 7. The first-order valence-electron chi connectivity index (χ1n) is 4.88. The smallest absolute Gasteiger partial charge is 0.309 e. The number of hydrogen-bond donors (Lipinski definition) is 3. The van der Waals surface area contributed by atoms with Gasteiger partial charge in [-0.15, -0.1) is 0 Å². The molecule has 0 saturated carbocycles. The minimum absolute atomic E-state index is 0.0941. The fourth-order valence-electron chi connectivity index (χ4n) is 1.28. The van der Waals surface area contributed by atoms with Crippen LogP contribution in [0.4, 0.5) is 11.7 Å². The third-order valence-electron chi connectivity index (χ3n) is 2.07. The molecule has 0 fully saturated rings. The van der Waals surface area contributed by atoms with Gasteiger partial charge < -0.3 is 9.84 Å². The maximum absolute atomic E-state index is 12.0. The van der Waals surface area contributed by atoms with E-state index in [-0.39, 0.29) is 16.6 Å². The lowest BCUT2D eigenvalue weighted by Crippen LogP contribution is -2.18. The fraction of sp³-hybridized carbons (Fsp3) is 0.111. The van der Waals surface area contributed by atoms with Crippen molar-refractivity contribution in [1.82, 2.24) is 9.97 Å². The molecule has 0 aliphatic heterocycles. The SMILES string of the molecule is Cc1coc(NS(=O)(=O)c2cnccc2NN)n1. The quantitative estimate of drug-likeness (QED) is 0.544. The molecular formula is C9H11N5O3S. The third-order valence-corrected chi connectivity index (χ3v) is 3.42. The predicted octanol–water partition coefficient (Wildman–Crippen LogP) is 0.464. The number of hydrazine groups is 1. The molecule has 8 nitrogen and oxygen atoms in total. The Hall–Kier alpha value is -2.13. The maximum Gasteiger partial charge on any atom is 0.309 e. The molecule has 2 aromatic heterocycles. The number of sulfonamides is 1. The zero-order chi connectivity index (χ0) is 13.2. The number of nitrogen functional groups attached to an aromatic ring is 1. The minimum Gasteiger partial charge on any atom is -0.431 e. The monoisotopic (exact) mass is 269 g/mol. The van der Waals surface area contributed by atoms with Gasteiger partial charge in [0.15, 0.2) is 0 Å². The van der Waals surface area contributed by atoms with Crippen molar-refractivity contribution < 1.29 is 12.8 Å². The predicted molar refractivity (Wildman–Crippen MR) is 64.1 cm³/mol. The van der Waals surface area contributed by atoms with Crippen LogP contribution < -0.4 is 16.0 Å². The number of rotatable bonds is 4. The maximum atomic E-state index is 12.0. The lowest BCUT2D eigenvalue weighted by atomic mass is 10.4. The van der Waals surface area contributed by atoms with Crippen LogP contribution in [-0.2, 0) is 10.0 Å². The molecule has 96 valence electrons. The van der Waals surface area contributed by atoms with Crippen LogP contribution in [-0.4, -0.2) is 18.4 Å². The Morgan fingerprint density at radius 1 is 1.44 bits per heavy atom. The Bertz CT molecular complexity index is 652. The molecule has 4 N–H and O–H groups in total. The van der Waals surface area contributed by atoms with Crippen molar-refractivity contribution in [1.29, 1.82) is 0 Å². The average molecular weight is 269 g/mol. The van der Waals surface area contributed by atoms with Crippen molar-refractivity contribution in [3.8, 4) is 0 Å². The molecule has 0 aliphatic carbocycles. The molecule has 18 heavy (non-hydrogen) atoms. The summed E-state index contributed by atoms with van der Waals surface area (Å²) in [6, 6.07) is 1.33. The van der Waals surface area contributed by atoms with Gasteiger partial charge >= 0.3 is 6.01 Å². The summed E-state index contributed by atoms with van der Waals surface area (Å²) in [6.07, 6.45) is 3.93. The summed E-state index contributed by atoms with van der Waals surface area (Å²) in [5.41, 5.74) is 3.07. The Morgan fingerprint density at radius 2 is 2.22 bits per heavy atom. The summed E-state index contributed by atoms with van der Waals surface area (Å²) in [5.74, 6) is 5.24. The van der Waals surface area contributed by atoms with Gasteiger partial charge in [0.2, 0.25) is 0 Å². The molecular weight excluding hydrogens is 258 g/mol. The van der Waals surface area contributed by atoms with E-state index in [0.717, 1.165) is 0 Å². The largest absolute Gasteiger partial charge is 0.431 e. The van der Waals surface area contributed by atoms with E-state index in [9.17, 15) is 8.42 Å². The van der Waals surface area contributed by atoms with Gasteiger partial charge in [0.1, 0.15) is 11.2 Å². The van der Waals surface area contributed by atoms with Crippen LogP contribution in [0.15, 0.2) is 34.0 Å². The van der Waals surface area contributed by atoms with Gasteiger partial charge in [-0.2, -0.15) is 4.98 Å². The first kappa shape index (κ1) is 12.3. The van der Waals surface area contributed by atoms with Gasteiger partial charge in [-0.3, -0.25) is 10.8 Å². The van der Waals surface area contributed by atoms with Crippen molar-refractivity contribution in [2.75, 3.05) is 10.1 Å². The van der Waals surface area contributed by atoms with Crippen molar-refractivity contribution in [3.63, 3.8) is 0 Å². The van der Waals surface area contributed by atoms with E-state index in [1.165, 1.54) is 24.7 Å². The first-order valence-corrected chi connectivity index (χ1v) is 6.37. The summed E-state index contributed by atoms with van der Waals surface area (Å²) < 4.78 is 31.2. The average Bonchev–Trinajstić information content (AvgIpc) is 2.74. The van der Waals surface area contributed by atoms with Crippen LogP contribution in [0.25, 0.3) is 0 Å². The normalized spacial score (nSPS) is 11.2. The topological polar surface area (TPSA) is 123 Å². The van der Waals surface area contributed by atoms with Crippen molar-refractivity contribution >= 4 is 21.7 Å². The van der Waals surface area contributed by atoms with E-state index in [4.69, 9.17) is 10.3 Å². The van der Waals surface area contributed by atoms with E-state index in [1.54, 1.807) is 6.92 Å². The van der Waals surface area contributed by atoms with Gasteiger partial charge in [-0.1, -0.05) is 0 Å². The van der Waals surface area contributed by atoms with Crippen LogP contribution in [0.1, 0.15) is 5.69 Å². The highest BCUT2D eigenvalue weighted by Gasteiger charge is 2.20. The molecule has 2 rings (SSSR count). The standard InChI is InChI=1S/C9H11N5O3S/c1-6-5-17-9(12-6)14-18(15,16)8-4-11-3-2-7(8)13-10/h2-5H,10H2,1H3,(H,11,13)(H,12,14). The summed E-state index contributed by atoms with van der Waals surface area (Å²) >= 11 is 0. The molecule has 0 bridgehead atoms. The second-order valence-electron chi connectivity index (χ2n) is 3.42. The molecule has 0 amide bonds. The fourth-order valence-corrected chi connectivity index (χ4v) is 2.33. The summed E-state index contributed by atoms with van der Waals surface area (Å²) in [6.45, 7) is 1.68. The second kappa shape index (κ2) is 4.63. The van der Waals surface area contributed by atoms with Crippen LogP contribution in [0.2, 0.25) is 0 Å². The van der Waals surface area contributed by atoms with Gasteiger partial charge in [0.05, 0.1) is 11.4 Å². The van der Waals surface area contributed by atoms with Crippen molar-refractivity contribution in [2.24, 2.45) is 5.84 Å². The molecule has 0 radical (unpaired) electrons. The zero-order valence-corrected chi connectivity index (χ0v) is 10.2. The van der Waals surface area contributed by atoms with Crippen molar-refractivity contribution in [2.45, 2.75) is 11.8 Å². The molecule has 0 atom stereocenters. The van der Waals surface area contributed by atoms with E-state index in [1.807, 2.05) is 0 Å². The number of anilines is 2. The number of nitrogens with one attached hydrogen (secondary N) is 2. The molecule has 0 spiro atoms. The van der Waals surface area contributed by atoms with E-state index < -0.39 is 10.0 Å². The Labute approximate surface area is 103 Å². The van der Waals surface area contributed by atoms with Crippen LogP contribution in [0, 0.1) is 6.92 Å². The highest BCUT2D eigenvalue weighted by molar-refractivity contribution is 7.92. The van der Waals surface area contributed by atoms with Crippen LogP contribution >= 0.6 is 0 Å². The number of pyridine rings is 1. The number of aromatic nitrogens is 2. The van der Waals surface area contributed by atoms with Gasteiger partial charge in [-0.05, 0) is 13.0 Å². The van der Waals surface area contributed by atoms with Crippen LogP contribution in [0.5, 0.6) is 0 Å². The Kier molecular flexibility index (Phi) is 3.17. The number of nitrogens with two attached hydrogens (primary N) is 1. The molecule has 9 heteroatoms. The minimum atomic E-state index is -3.85. The molecule has 0 aliphatic rings. The highest BCUT2D eigenvalue weighted by Crippen LogP contribution is 2.21. The van der Waals surface area contributed by atoms with Gasteiger partial charge in [-0.25, -0.2) is 13.1 Å². The molecule has 0 saturated heterocycles. The second-order valence-corrected chi connectivity index (χ2v) is 5.07. The first-order chi connectivity index (χ1) is 8.53. The number of aryl methyl sites for hydroxylation is 1. The van der Waals surface area contributed by atoms with Gasteiger partial charge in [0.25, 0.3) is 10.0 Å². The summed E-state index contributed by atoms with van der Waals surface area (Å²) in [5, 5.41) is 0. The molecule has 0 aromatic carbocycles. The van der Waals surface area contributed by atoms with Crippen LogP contribution in [0.3, 0.4) is 0 Å². The number of nitrogens with zero attached hydrogens (tertiary/aromatic N) is 2. The summed E-state index contributed by atoms with van der Waals surface area (Å²) in [7, 11) is -3.85. The molecule has 0 unspecified atom stereocenters. The molecule has 2 aromatic rings. The highest BCUT2D eigenvalue weighted by atomic mass is 32.2. The third kappa shape index (κ3) is 2.41. The van der Waals surface area contributed by atoms with E-state index in [2.05, 4.69) is 20.1 Å². The number of oxazole rings is 1. The Morgan fingerprint density at radius 3 is 2.83 bits per heavy atom. The zero-order valence-electron chi connectivity index (χ0n) is 9.41. The van der Waals surface area contributed by atoms with E-state index >= 15 is 0 Å². The van der Waals surface area contributed by atoms with Crippen molar-refractivity contribution in [3.05, 3.63) is 30.4 Å². The van der Waals surface area contributed by atoms with E-state index in [0.29, 0.717) is 5.69 Å².